The van der Waals surface area contributed by atoms with E-state index in [-0.39, 0.29) is 11.7 Å². The van der Waals surface area contributed by atoms with Gasteiger partial charge in [0.1, 0.15) is 0 Å². The fourth-order valence-electron chi connectivity index (χ4n) is 1.22. The van der Waals surface area contributed by atoms with Crippen molar-refractivity contribution in [3.63, 3.8) is 0 Å². The summed E-state index contributed by atoms with van der Waals surface area (Å²) < 4.78 is 0. The Morgan fingerprint density at radius 2 is 2.27 bits per heavy atom. The van der Waals surface area contributed by atoms with Crippen LogP contribution in [0, 0.1) is 18.3 Å². The summed E-state index contributed by atoms with van der Waals surface area (Å²) in [6.07, 6.45) is 8.39. The van der Waals surface area contributed by atoms with E-state index in [1.54, 1.807) is 0 Å². The van der Waals surface area contributed by atoms with Crippen LogP contribution >= 0.6 is 0 Å². The number of carbonyl (C=O) groups excluding carboxylic acids is 2. The monoisotopic (exact) mass is 207 g/mol. The van der Waals surface area contributed by atoms with Gasteiger partial charge in [-0.2, -0.15) is 0 Å². The molecule has 82 valence electrons. The maximum absolute atomic E-state index is 11.6. The smallest absolute Gasteiger partial charge is 0.287 e. The lowest BCUT2D eigenvalue weighted by Crippen LogP contribution is -2.35. The van der Waals surface area contributed by atoms with Crippen LogP contribution in [-0.2, 0) is 9.59 Å². The van der Waals surface area contributed by atoms with E-state index in [1.807, 2.05) is 6.92 Å². The van der Waals surface area contributed by atoms with Crippen molar-refractivity contribution in [1.29, 1.82) is 0 Å². The van der Waals surface area contributed by atoms with Crippen LogP contribution in [0.3, 0.4) is 0 Å². The Labute approximate surface area is 90.9 Å². The first-order valence-electron chi connectivity index (χ1n) is 5.03. The molecule has 3 heteroatoms. The molecule has 3 nitrogen and oxygen atoms in total. The minimum atomic E-state index is -0.543. The zero-order chi connectivity index (χ0) is 11.7. The Morgan fingerprint density at radius 3 is 2.73 bits per heavy atom. The Kier molecular flexibility index (Phi) is 7.00. The topological polar surface area (TPSA) is 46.2 Å². The molecule has 1 unspecified atom stereocenters. The fourth-order valence-corrected chi connectivity index (χ4v) is 1.22. The van der Waals surface area contributed by atoms with Gasteiger partial charge in [-0.25, -0.2) is 0 Å². The maximum atomic E-state index is 11.6. The standard InChI is InChI=1S/C12H17NO2/c1-4-7-8-10(6-3)11(14)12(15)13-9-5-2/h1,5,10H,2,6-9H2,3H3,(H,13,15). The summed E-state index contributed by atoms with van der Waals surface area (Å²) in [6, 6.07) is 0. The minimum Gasteiger partial charge on any atom is -0.346 e. The van der Waals surface area contributed by atoms with Crippen molar-refractivity contribution in [2.24, 2.45) is 5.92 Å². The summed E-state index contributed by atoms with van der Waals surface area (Å²) in [4.78, 5) is 22.9. The van der Waals surface area contributed by atoms with Crippen molar-refractivity contribution < 1.29 is 9.59 Å². The van der Waals surface area contributed by atoms with Gasteiger partial charge in [0, 0.05) is 18.9 Å². The van der Waals surface area contributed by atoms with Gasteiger partial charge in [0.15, 0.2) is 0 Å². The third-order valence-electron chi connectivity index (χ3n) is 2.13. The van der Waals surface area contributed by atoms with Crippen LogP contribution in [0.1, 0.15) is 26.2 Å². The molecule has 0 aliphatic carbocycles. The molecule has 0 saturated carbocycles. The predicted molar refractivity (Wildman–Crippen MR) is 60.1 cm³/mol. The zero-order valence-electron chi connectivity index (χ0n) is 9.08. The molecule has 0 aromatic carbocycles. The highest BCUT2D eigenvalue weighted by molar-refractivity contribution is 6.36. The molecule has 0 bridgehead atoms. The van der Waals surface area contributed by atoms with Gasteiger partial charge >= 0.3 is 0 Å². The Morgan fingerprint density at radius 1 is 1.60 bits per heavy atom. The largest absolute Gasteiger partial charge is 0.346 e. The summed E-state index contributed by atoms with van der Waals surface area (Å²) in [7, 11) is 0. The molecule has 15 heavy (non-hydrogen) atoms. The molecule has 0 aromatic heterocycles. The van der Waals surface area contributed by atoms with Crippen LogP contribution in [0.5, 0.6) is 0 Å². The van der Waals surface area contributed by atoms with E-state index >= 15 is 0 Å². The molecule has 0 fully saturated rings. The van der Waals surface area contributed by atoms with Gasteiger partial charge in [0.25, 0.3) is 5.91 Å². The highest BCUT2D eigenvalue weighted by atomic mass is 16.2. The highest BCUT2D eigenvalue weighted by Crippen LogP contribution is 2.11. The summed E-state index contributed by atoms with van der Waals surface area (Å²) >= 11 is 0. The van der Waals surface area contributed by atoms with E-state index in [2.05, 4.69) is 17.8 Å². The molecule has 1 amide bonds. The molecule has 0 rings (SSSR count). The molecule has 0 aliphatic rings. The molecule has 0 radical (unpaired) electrons. The second-order valence-corrected chi connectivity index (χ2v) is 3.21. The SMILES string of the molecule is C#CCCC(CC)C(=O)C(=O)NCC=C. The number of terminal acetylenes is 1. The van der Waals surface area contributed by atoms with Crippen molar-refractivity contribution in [3.05, 3.63) is 12.7 Å². The van der Waals surface area contributed by atoms with Crippen LogP contribution in [0.4, 0.5) is 0 Å². The van der Waals surface area contributed by atoms with E-state index in [9.17, 15) is 9.59 Å². The first kappa shape index (κ1) is 13.4. The van der Waals surface area contributed by atoms with Crippen molar-refractivity contribution >= 4 is 11.7 Å². The van der Waals surface area contributed by atoms with Gasteiger partial charge in [-0.3, -0.25) is 9.59 Å². The number of hydrogen-bond donors (Lipinski definition) is 1. The summed E-state index contributed by atoms with van der Waals surface area (Å²) in [5.41, 5.74) is 0. The number of rotatable bonds is 7. The van der Waals surface area contributed by atoms with Gasteiger partial charge in [-0.05, 0) is 12.8 Å². The number of amides is 1. The van der Waals surface area contributed by atoms with Crippen molar-refractivity contribution in [2.45, 2.75) is 26.2 Å². The Bertz CT molecular complexity index is 276. The molecule has 1 N–H and O–H groups in total. The van der Waals surface area contributed by atoms with Crippen molar-refractivity contribution in [1.82, 2.24) is 5.32 Å². The summed E-state index contributed by atoms with van der Waals surface area (Å²) in [5.74, 6) is 1.29. The van der Waals surface area contributed by atoms with Gasteiger partial charge in [-0.1, -0.05) is 13.0 Å². The van der Waals surface area contributed by atoms with E-state index in [0.29, 0.717) is 25.8 Å². The maximum Gasteiger partial charge on any atom is 0.287 e. The number of hydrogen-bond acceptors (Lipinski definition) is 2. The first-order chi connectivity index (χ1) is 7.17. The lowest BCUT2D eigenvalue weighted by Gasteiger charge is -2.11. The number of carbonyl (C=O) groups is 2. The predicted octanol–water partition coefficient (Wildman–Crippen LogP) is 1.30. The average Bonchev–Trinajstić information content (AvgIpc) is 2.26. The van der Waals surface area contributed by atoms with Gasteiger partial charge in [0.2, 0.25) is 5.78 Å². The van der Waals surface area contributed by atoms with Crippen LogP contribution in [0.15, 0.2) is 12.7 Å². The van der Waals surface area contributed by atoms with E-state index in [4.69, 9.17) is 6.42 Å². The van der Waals surface area contributed by atoms with Gasteiger partial charge in [0.05, 0.1) is 0 Å². The van der Waals surface area contributed by atoms with E-state index < -0.39 is 5.91 Å². The molecule has 1 atom stereocenters. The zero-order valence-corrected chi connectivity index (χ0v) is 9.08. The van der Waals surface area contributed by atoms with E-state index in [1.165, 1.54) is 6.08 Å². The van der Waals surface area contributed by atoms with Crippen LogP contribution in [0.2, 0.25) is 0 Å². The first-order valence-corrected chi connectivity index (χ1v) is 5.03. The lowest BCUT2D eigenvalue weighted by molar-refractivity contribution is -0.140. The molecule has 0 heterocycles. The lowest BCUT2D eigenvalue weighted by atomic mass is 9.95. The molecule has 0 aliphatic heterocycles. The van der Waals surface area contributed by atoms with E-state index in [0.717, 1.165) is 0 Å². The molecule has 0 saturated heterocycles. The third kappa shape index (κ3) is 5.02. The molecule has 0 spiro atoms. The second-order valence-electron chi connectivity index (χ2n) is 3.21. The molecule has 0 aromatic rings. The normalized spacial score (nSPS) is 11.2. The molecular weight excluding hydrogens is 190 g/mol. The fraction of sp³-hybridized carbons (Fsp3) is 0.500. The molecular formula is C12H17NO2. The van der Waals surface area contributed by atoms with Crippen molar-refractivity contribution in [2.75, 3.05) is 6.54 Å². The van der Waals surface area contributed by atoms with Gasteiger partial charge in [-0.15, -0.1) is 18.9 Å². The van der Waals surface area contributed by atoms with Crippen LogP contribution < -0.4 is 5.32 Å². The minimum absolute atomic E-state index is 0.258. The van der Waals surface area contributed by atoms with Crippen LogP contribution in [-0.4, -0.2) is 18.2 Å². The average molecular weight is 207 g/mol. The number of nitrogens with one attached hydrogen (secondary N) is 1. The highest BCUT2D eigenvalue weighted by Gasteiger charge is 2.22. The number of ketones is 1. The Hall–Kier alpha value is -1.56. The second kappa shape index (κ2) is 7.81. The summed E-state index contributed by atoms with van der Waals surface area (Å²) in [5, 5.41) is 2.47. The Balaban J connectivity index is 4.19. The number of Topliss-reactive ketones (excluding diaryl/α,β-unsaturated/α-hetero) is 1. The van der Waals surface area contributed by atoms with Gasteiger partial charge < -0.3 is 5.32 Å². The van der Waals surface area contributed by atoms with Crippen LogP contribution in [0.25, 0.3) is 0 Å². The van der Waals surface area contributed by atoms with Crippen molar-refractivity contribution in [3.8, 4) is 12.3 Å². The summed E-state index contributed by atoms with van der Waals surface area (Å²) in [6.45, 7) is 5.64. The quantitative estimate of drug-likeness (QED) is 0.388. The third-order valence-corrected chi connectivity index (χ3v) is 2.13.